The maximum absolute atomic E-state index is 14.0. The number of hydrogen-bond acceptors (Lipinski definition) is 9. The number of carbonyl (C=O) groups is 1. The zero-order valence-corrected chi connectivity index (χ0v) is 24.5. The van der Waals surface area contributed by atoms with Gasteiger partial charge in [0.1, 0.15) is 23.0 Å². The molecule has 0 saturated heterocycles. The molecule has 6 N–H and O–H groups in total. The highest BCUT2D eigenvalue weighted by Crippen LogP contribution is 2.37. The molecule has 0 bridgehead atoms. The van der Waals surface area contributed by atoms with E-state index >= 15 is 0 Å². The van der Waals surface area contributed by atoms with Gasteiger partial charge in [0, 0.05) is 31.3 Å². The van der Waals surface area contributed by atoms with E-state index in [4.69, 9.17) is 31.3 Å². The van der Waals surface area contributed by atoms with E-state index in [1.165, 1.54) is 4.57 Å². The molecule has 1 amide bonds. The van der Waals surface area contributed by atoms with Crippen LogP contribution in [0.15, 0.2) is 51.5 Å². The molecule has 1 aliphatic heterocycles. The molecule has 1 aromatic heterocycles. The third kappa shape index (κ3) is 5.87. The van der Waals surface area contributed by atoms with Gasteiger partial charge >= 0.3 is 5.69 Å². The molecule has 0 unspecified atom stereocenters. The number of ether oxygens (including phenoxy) is 2. The molecule has 4 rings (SSSR count). The van der Waals surface area contributed by atoms with Crippen LogP contribution in [-0.4, -0.2) is 35.3 Å². The number of benzene rings is 2. The number of nitrogens with two attached hydrogens (primary N) is 2. The van der Waals surface area contributed by atoms with E-state index < -0.39 is 5.91 Å². The van der Waals surface area contributed by atoms with Gasteiger partial charge in [-0.2, -0.15) is 5.26 Å². The van der Waals surface area contributed by atoms with E-state index in [1.54, 1.807) is 17.7 Å². The molecule has 0 aliphatic carbocycles. The van der Waals surface area contributed by atoms with E-state index in [0.29, 0.717) is 42.3 Å². The Morgan fingerprint density at radius 1 is 1.14 bits per heavy atom. The van der Waals surface area contributed by atoms with Gasteiger partial charge in [-0.1, -0.05) is 17.7 Å². The number of hydrogen-bond donors (Lipinski definition) is 4. The largest absolute Gasteiger partial charge is 0.493 e. The zero-order valence-electron chi connectivity index (χ0n) is 24.5. The third-order valence-electron chi connectivity index (χ3n) is 7.11. The number of nitriles is 1. The Morgan fingerprint density at radius 3 is 2.48 bits per heavy atom. The summed E-state index contributed by atoms with van der Waals surface area (Å²) in [5, 5.41) is 11.7. The van der Waals surface area contributed by atoms with E-state index in [2.05, 4.69) is 10.7 Å². The van der Waals surface area contributed by atoms with Gasteiger partial charge in [0.2, 0.25) is 0 Å². The maximum atomic E-state index is 14.0. The molecular weight excluding hydrogens is 536 g/mol. The van der Waals surface area contributed by atoms with Crippen molar-refractivity contribution in [1.29, 1.82) is 5.26 Å². The molecule has 12 heteroatoms. The fourth-order valence-corrected chi connectivity index (χ4v) is 5.23. The number of carbonyl (C=O) groups excluding carboxylic acids is 1. The summed E-state index contributed by atoms with van der Waals surface area (Å²) in [4.78, 5) is 31.5. The zero-order chi connectivity index (χ0) is 30.6. The summed E-state index contributed by atoms with van der Waals surface area (Å²) in [7, 11) is 1.59. The highest BCUT2D eigenvalue weighted by atomic mass is 16.5. The molecule has 3 aromatic rings. The highest BCUT2D eigenvalue weighted by Gasteiger charge is 2.23. The van der Waals surface area contributed by atoms with Crippen molar-refractivity contribution in [3.63, 3.8) is 0 Å². The Hall–Kier alpha value is -5.02. The van der Waals surface area contributed by atoms with Gasteiger partial charge in [0.15, 0.2) is 11.5 Å². The van der Waals surface area contributed by atoms with Crippen LogP contribution in [0.1, 0.15) is 29.2 Å². The van der Waals surface area contributed by atoms with Gasteiger partial charge in [-0.05, 0) is 62.9 Å². The van der Waals surface area contributed by atoms with Crippen molar-refractivity contribution in [3.8, 4) is 28.8 Å². The van der Waals surface area contributed by atoms with Crippen LogP contribution in [0, 0.1) is 32.1 Å². The van der Waals surface area contributed by atoms with Crippen LogP contribution < -0.4 is 43.0 Å². The first-order valence-corrected chi connectivity index (χ1v) is 13.6. The Kier molecular flexibility index (Phi) is 9.02. The summed E-state index contributed by atoms with van der Waals surface area (Å²) in [6.45, 7) is 9.03. The second-order valence-electron chi connectivity index (χ2n) is 9.98. The number of allylic oxidation sites excluding steroid dienone is 1. The SMILES string of the molecule is CCOc1cc2c(cc1OC)-c1c/c(=N\c3c(C)cc(C)cc3C)n(CCNC(=O)/C(NN)=C(/N)C#N)c(=O)n1CC2. The van der Waals surface area contributed by atoms with E-state index in [9.17, 15) is 9.59 Å². The molecule has 1 aliphatic rings. The van der Waals surface area contributed by atoms with Crippen molar-refractivity contribution in [3.05, 3.63) is 80.0 Å². The third-order valence-corrected chi connectivity index (χ3v) is 7.11. The number of nitrogens with one attached hydrogen (secondary N) is 2. The molecule has 0 saturated carbocycles. The number of rotatable bonds is 9. The lowest BCUT2D eigenvalue weighted by molar-refractivity contribution is -0.117. The number of nitrogens with zero attached hydrogens (tertiary/aromatic N) is 4. The smallest absolute Gasteiger partial charge is 0.330 e. The lowest BCUT2D eigenvalue weighted by atomic mass is 9.97. The summed E-state index contributed by atoms with van der Waals surface area (Å²) in [6.07, 6.45) is 0.624. The quantitative estimate of drug-likeness (QED) is 0.130. The van der Waals surface area contributed by atoms with Crippen LogP contribution in [0.2, 0.25) is 0 Å². The number of methoxy groups -OCH3 is 1. The Labute approximate surface area is 243 Å². The Bertz CT molecular complexity index is 1720. The van der Waals surface area contributed by atoms with Gasteiger partial charge in [0.05, 0.1) is 25.1 Å². The number of aromatic nitrogens is 2. The minimum Gasteiger partial charge on any atom is -0.493 e. The first-order chi connectivity index (χ1) is 20.1. The van der Waals surface area contributed by atoms with Crippen LogP contribution in [0.3, 0.4) is 0 Å². The average molecular weight is 573 g/mol. The molecule has 0 radical (unpaired) electrons. The summed E-state index contributed by atoms with van der Waals surface area (Å²) in [6, 6.07) is 11.5. The Morgan fingerprint density at radius 2 is 1.86 bits per heavy atom. The molecule has 0 atom stereocenters. The minimum absolute atomic E-state index is 0.0541. The second-order valence-corrected chi connectivity index (χ2v) is 9.98. The van der Waals surface area contributed by atoms with Gasteiger partial charge in [-0.25, -0.2) is 9.79 Å². The molecule has 2 aromatic carbocycles. The van der Waals surface area contributed by atoms with Crippen LogP contribution in [0.5, 0.6) is 11.5 Å². The molecule has 0 fully saturated rings. The second kappa shape index (κ2) is 12.7. The van der Waals surface area contributed by atoms with Crippen LogP contribution >= 0.6 is 0 Å². The van der Waals surface area contributed by atoms with Gasteiger partial charge in [-0.15, -0.1) is 0 Å². The standard InChI is InChI=1S/C30H36N8O4/c1-6-42-25-13-20-7-9-37-23(21(20)14-24(25)41-5)15-26(35-27-18(3)11-17(2)12-19(27)4)38(30(37)40)10-8-34-29(39)28(36-33)22(32)16-31/h11-15,36H,6-10,32-33H2,1-5H3,(H,34,39)/b28-22-,35-26+. The van der Waals surface area contributed by atoms with E-state index in [1.807, 2.05) is 58.0 Å². The van der Waals surface area contributed by atoms with Crippen molar-refractivity contribution in [1.82, 2.24) is 19.9 Å². The fourth-order valence-electron chi connectivity index (χ4n) is 5.23. The lowest BCUT2D eigenvalue weighted by Gasteiger charge is -2.25. The molecule has 2 heterocycles. The van der Waals surface area contributed by atoms with Crippen molar-refractivity contribution in [2.24, 2.45) is 16.6 Å². The topological polar surface area (TPSA) is 175 Å². The van der Waals surface area contributed by atoms with E-state index in [0.717, 1.165) is 33.5 Å². The number of aryl methyl sites for hydroxylation is 4. The summed E-state index contributed by atoms with van der Waals surface area (Å²) >= 11 is 0. The number of amides is 1. The normalized spacial score (nSPS) is 12.9. The van der Waals surface area contributed by atoms with Gasteiger partial charge < -0.3 is 25.9 Å². The predicted octanol–water partition coefficient (Wildman–Crippen LogP) is 1.71. The molecule has 0 spiro atoms. The molecular formula is C30H36N8O4. The number of hydrazine groups is 1. The van der Waals surface area contributed by atoms with Crippen LogP contribution in [0.25, 0.3) is 11.3 Å². The maximum Gasteiger partial charge on any atom is 0.330 e. The first-order valence-electron chi connectivity index (χ1n) is 13.6. The summed E-state index contributed by atoms with van der Waals surface area (Å²) in [5.74, 6) is 5.95. The fraction of sp³-hybridized carbons (Fsp3) is 0.333. The number of fused-ring (bicyclic) bond motifs is 3. The van der Waals surface area contributed by atoms with Crippen molar-refractivity contribution >= 4 is 11.6 Å². The molecule has 42 heavy (non-hydrogen) atoms. The summed E-state index contributed by atoms with van der Waals surface area (Å²) in [5.41, 5.74) is 13.7. The first kappa shape index (κ1) is 30.0. The Balaban J connectivity index is 1.87. The van der Waals surface area contributed by atoms with E-state index in [-0.39, 0.29) is 30.2 Å². The van der Waals surface area contributed by atoms with Crippen molar-refractivity contribution in [2.75, 3.05) is 20.3 Å². The van der Waals surface area contributed by atoms with Crippen molar-refractivity contribution < 1.29 is 14.3 Å². The monoisotopic (exact) mass is 572 g/mol. The van der Waals surface area contributed by atoms with Gasteiger partial charge in [0.25, 0.3) is 5.91 Å². The van der Waals surface area contributed by atoms with Crippen LogP contribution in [-0.2, 0) is 24.3 Å². The minimum atomic E-state index is -0.662. The highest BCUT2D eigenvalue weighted by molar-refractivity contribution is 5.93. The molecule has 220 valence electrons. The molecule has 12 nitrogen and oxygen atoms in total. The van der Waals surface area contributed by atoms with Crippen LogP contribution in [0.4, 0.5) is 5.69 Å². The van der Waals surface area contributed by atoms with Gasteiger partial charge in [-0.3, -0.25) is 19.8 Å². The summed E-state index contributed by atoms with van der Waals surface area (Å²) < 4.78 is 14.6. The predicted molar refractivity (Wildman–Crippen MR) is 159 cm³/mol. The van der Waals surface area contributed by atoms with Crippen molar-refractivity contribution in [2.45, 2.75) is 47.2 Å². The average Bonchev–Trinajstić information content (AvgIpc) is 2.96. The lowest BCUT2D eigenvalue weighted by Crippen LogP contribution is -2.45.